The van der Waals surface area contributed by atoms with Crippen LogP contribution in [0.5, 0.6) is 0 Å². The van der Waals surface area contributed by atoms with Gasteiger partial charge in [-0.3, -0.25) is 4.79 Å². The van der Waals surface area contributed by atoms with Gasteiger partial charge in [0.2, 0.25) is 5.91 Å². The fourth-order valence-corrected chi connectivity index (χ4v) is 3.09. The van der Waals surface area contributed by atoms with E-state index in [9.17, 15) is 9.18 Å². The first-order valence-electron chi connectivity index (χ1n) is 7.44. The second kappa shape index (κ2) is 6.32. The molecule has 2 unspecified atom stereocenters. The number of rotatable bonds is 6. The number of halogens is 2. The van der Waals surface area contributed by atoms with Gasteiger partial charge in [0.25, 0.3) is 0 Å². The lowest BCUT2D eigenvalue weighted by Gasteiger charge is -2.31. The van der Waals surface area contributed by atoms with Crippen molar-refractivity contribution in [3.63, 3.8) is 0 Å². The van der Waals surface area contributed by atoms with E-state index in [2.05, 4.69) is 5.32 Å². The summed E-state index contributed by atoms with van der Waals surface area (Å²) in [6.45, 7) is 4.42. The van der Waals surface area contributed by atoms with Crippen molar-refractivity contribution in [1.29, 1.82) is 0 Å². The molecule has 0 spiro atoms. The van der Waals surface area contributed by atoms with Crippen LogP contribution >= 0.6 is 11.6 Å². The number of nitrogens with one attached hydrogen (secondary N) is 1. The minimum absolute atomic E-state index is 0.0477. The first-order valence-corrected chi connectivity index (χ1v) is 7.81. The van der Waals surface area contributed by atoms with Crippen molar-refractivity contribution in [3.8, 4) is 0 Å². The SMILES string of the molecule is CCC(CC)(CN)NC(=O)C1CC1c1c(F)cccc1Cl. The van der Waals surface area contributed by atoms with E-state index in [1.807, 2.05) is 13.8 Å². The summed E-state index contributed by atoms with van der Waals surface area (Å²) >= 11 is 6.06. The smallest absolute Gasteiger partial charge is 0.224 e. The van der Waals surface area contributed by atoms with Gasteiger partial charge in [0.1, 0.15) is 5.82 Å². The molecule has 3 N–H and O–H groups in total. The molecule has 1 aromatic rings. The van der Waals surface area contributed by atoms with Crippen LogP contribution in [0.25, 0.3) is 0 Å². The summed E-state index contributed by atoms with van der Waals surface area (Å²) < 4.78 is 13.9. The van der Waals surface area contributed by atoms with Gasteiger partial charge in [0.15, 0.2) is 0 Å². The van der Waals surface area contributed by atoms with Gasteiger partial charge in [-0.05, 0) is 31.4 Å². The molecule has 0 aromatic heterocycles. The molecule has 1 saturated carbocycles. The highest BCUT2D eigenvalue weighted by atomic mass is 35.5. The maximum Gasteiger partial charge on any atom is 0.224 e. The van der Waals surface area contributed by atoms with E-state index in [1.165, 1.54) is 6.07 Å². The summed E-state index contributed by atoms with van der Waals surface area (Å²) in [5.41, 5.74) is 5.90. The molecule has 1 aromatic carbocycles. The van der Waals surface area contributed by atoms with Crippen molar-refractivity contribution >= 4 is 17.5 Å². The number of carbonyl (C=O) groups excluding carboxylic acids is 1. The van der Waals surface area contributed by atoms with Gasteiger partial charge in [-0.15, -0.1) is 0 Å². The monoisotopic (exact) mass is 312 g/mol. The van der Waals surface area contributed by atoms with Crippen molar-refractivity contribution < 1.29 is 9.18 Å². The summed E-state index contributed by atoms with van der Waals surface area (Å²) in [7, 11) is 0. The molecule has 0 bridgehead atoms. The molecule has 0 saturated heterocycles. The molecule has 3 nitrogen and oxygen atoms in total. The largest absolute Gasteiger partial charge is 0.349 e. The Balaban J connectivity index is 2.08. The van der Waals surface area contributed by atoms with E-state index >= 15 is 0 Å². The van der Waals surface area contributed by atoms with E-state index in [0.717, 1.165) is 12.8 Å². The molecule has 2 atom stereocenters. The van der Waals surface area contributed by atoms with Gasteiger partial charge in [-0.25, -0.2) is 4.39 Å². The Morgan fingerprint density at radius 2 is 2.14 bits per heavy atom. The highest BCUT2D eigenvalue weighted by molar-refractivity contribution is 6.31. The number of benzene rings is 1. The molecule has 5 heteroatoms. The van der Waals surface area contributed by atoms with Gasteiger partial charge in [-0.1, -0.05) is 31.5 Å². The molecule has 0 aliphatic heterocycles. The van der Waals surface area contributed by atoms with Crippen molar-refractivity contribution in [2.24, 2.45) is 11.7 Å². The van der Waals surface area contributed by atoms with Gasteiger partial charge in [0, 0.05) is 29.0 Å². The second-order valence-electron chi connectivity index (χ2n) is 5.76. The zero-order valence-electron chi connectivity index (χ0n) is 12.5. The molecule has 1 aliphatic carbocycles. The molecule has 116 valence electrons. The quantitative estimate of drug-likeness (QED) is 0.847. The van der Waals surface area contributed by atoms with Crippen LogP contribution in [-0.2, 0) is 4.79 Å². The topological polar surface area (TPSA) is 55.1 Å². The lowest BCUT2D eigenvalue weighted by atomic mass is 9.92. The Labute approximate surface area is 130 Å². The number of nitrogens with two attached hydrogens (primary N) is 1. The average molecular weight is 313 g/mol. The van der Waals surface area contributed by atoms with Gasteiger partial charge < -0.3 is 11.1 Å². The standard InChI is InChI=1S/C16H22ClFN2O/c1-3-16(4-2,9-19)20-15(21)11-8-10(11)14-12(17)6-5-7-13(14)18/h5-7,10-11H,3-4,8-9,19H2,1-2H3,(H,20,21). The Bertz CT molecular complexity index is 502. The van der Waals surface area contributed by atoms with Crippen LogP contribution in [0, 0.1) is 11.7 Å². The summed E-state index contributed by atoms with van der Waals surface area (Å²) in [5, 5.41) is 3.45. The maximum atomic E-state index is 13.9. The minimum Gasteiger partial charge on any atom is -0.349 e. The fourth-order valence-electron chi connectivity index (χ4n) is 2.79. The second-order valence-corrected chi connectivity index (χ2v) is 6.17. The fraction of sp³-hybridized carbons (Fsp3) is 0.562. The average Bonchev–Trinajstić information content (AvgIpc) is 3.25. The van der Waals surface area contributed by atoms with E-state index in [-0.39, 0.29) is 29.1 Å². The highest BCUT2D eigenvalue weighted by Crippen LogP contribution is 2.50. The van der Waals surface area contributed by atoms with E-state index in [1.54, 1.807) is 12.1 Å². The van der Waals surface area contributed by atoms with E-state index in [0.29, 0.717) is 23.6 Å². The third-order valence-electron chi connectivity index (χ3n) is 4.63. The number of hydrogen-bond acceptors (Lipinski definition) is 2. The first-order chi connectivity index (χ1) is 9.98. The molecule has 0 radical (unpaired) electrons. The van der Waals surface area contributed by atoms with Crippen LogP contribution in [0.3, 0.4) is 0 Å². The van der Waals surface area contributed by atoms with Crippen molar-refractivity contribution in [1.82, 2.24) is 5.32 Å². The third-order valence-corrected chi connectivity index (χ3v) is 4.96. The Morgan fingerprint density at radius 1 is 1.48 bits per heavy atom. The molecule has 1 fully saturated rings. The lowest BCUT2D eigenvalue weighted by molar-refractivity contribution is -0.124. The summed E-state index contributed by atoms with van der Waals surface area (Å²) in [5.74, 6) is -0.710. The van der Waals surface area contributed by atoms with Crippen LogP contribution < -0.4 is 11.1 Å². The molecule has 2 rings (SSSR count). The highest BCUT2D eigenvalue weighted by Gasteiger charge is 2.47. The maximum absolute atomic E-state index is 13.9. The molecule has 1 amide bonds. The zero-order valence-corrected chi connectivity index (χ0v) is 13.2. The van der Waals surface area contributed by atoms with Crippen LogP contribution in [-0.4, -0.2) is 18.0 Å². The van der Waals surface area contributed by atoms with Crippen molar-refractivity contribution in [2.75, 3.05) is 6.54 Å². The first kappa shape index (κ1) is 16.2. The van der Waals surface area contributed by atoms with E-state index in [4.69, 9.17) is 17.3 Å². The predicted octanol–water partition coefficient (Wildman–Crippen LogP) is 3.22. The molecule has 1 aliphatic rings. The minimum atomic E-state index is -0.358. The zero-order chi connectivity index (χ0) is 15.6. The van der Waals surface area contributed by atoms with Crippen LogP contribution in [0.1, 0.15) is 44.6 Å². The summed E-state index contributed by atoms with van der Waals surface area (Å²) in [4.78, 5) is 12.4. The molecular weight excluding hydrogens is 291 g/mol. The lowest BCUT2D eigenvalue weighted by Crippen LogP contribution is -2.53. The third kappa shape index (κ3) is 3.22. The normalized spacial score (nSPS) is 21.2. The van der Waals surface area contributed by atoms with Gasteiger partial charge in [-0.2, -0.15) is 0 Å². The number of amides is 1. The van der Waals surface area contributed by atoms with Crippen molar-refractivity contribution in [3.05, 3.63) is 34.6 Å². The Hall–Kier alpha value is -1.13. The van der Waals surface area contributed by atoms with E-state index < -0.39 is 0 Å². The van der Waals surface area contributed by atoms with Crippen molar-refractivity contribution in [2.45, 2.75) is 44.6 Å². The van der Waals surface area contributed by atoms with Crippen LogP contribution in [0.15, 0.2) is 18.2 Å². The van der Waals surface area contributed by atoms with Gasteiger partial charge in [0.05, 0.1) is 5.54 Å². The summed E-state index contributed by atoms with van der Waals surface area (Å²) in [6, 6.07) is 4.62. The summed E-state index contributed by atoms with van der Waals surface area (Å²) in [6.07, 6.45) is 2.20. The number of hydrogen-bond donors (Lipinski definition) is 2. The predicted molar refractivity (Wildman–Crippen MR) is 82.8 cm³/mol. The Morgan fingerprint density at radius 3 is 2.67 bits per heavy atom. The molecular formula is C16H22ClFN2O. The molecule has 0 heterocycles. The Kier molecular flexibility index (Phi) is 4.89. The van der Waals surface area contributed by atoms with Gasteiger partial charge >= 0.3 is 0 Å². The molecule has 21 heavy (non-hydrogen) atoms. The van der Waals surface area contributed by atoms with Crippen LogP contribution in [0.4, 0.5) is 4.39 Å². The number of carbonyl (C=O) groups is 1. The van der Waals surface area contributed by atoms with Crippen LogP contribution in [0.2, 0.25) is 5.02 Å².